The minimum Gasteiger partial charge on any atom is -0.384 e. The monoisotopic (exact) mass is 200 g/mol. The average Bonchev–Trinajstić information content (AvgIpc) is 2.53. The molecule has 0 saturated heterocycles. The first-order valence-electron chi connectivity index (χ1n) is 4.72. The van der Waals surface area contributed by atoms with Crippen molar-refractivity contribution in [1.29, 1.82) is 0 Å². The van der Waals surface area contributed by atoms with Crippen LogP contribution in [0.2, 0.25) is 0 Å². The Morgan fingerprint density at radius 3 is 2.80 bits per heavy atom. The molecule has 0 aliphatic carbocycles. The lowest BCUT2D eigenvalue weighted by molar-refractivity contribution is 0.112. The van der Waals surface area contributed by atoms with Gasteiger partial charge in [-0.05, 0) is 6.07 Å². The zero-order valence-corrected chi connectivity index (χ0v) is 8.31. The predicted molar refractivity (Wildman–Crippen MR) is 61.9 cm³/mol. The van der Waals surface area contributed by atoms with E-state index in [4.69, 9.17) is 5.73 Å². The summed E-state index contributed by atoms with van der Waals surface area (Å²) < 4.78 is 1.88. The van der Waals surface area contributed by atoms with E-state index in [1.54, 1.807) is 6.08 Å². The fraction of sp³-hybridized carbons (Fsp3) is 0.0833. The molecule has 0 aliphatic heterocycles. The van der Waals surface area contributed by atoms with Crippen LogP contribution in [0.5, 0.6) is 0 Å². The van der Waals surface area contributed by atoms with Crippen LogP contribution in [-0.4, -0.2) is 10.9 Å². The van der Waals surface area contributed by atoms with Gasteiger partial charge in [0.25, 0.3) is 0 Å². The third-order valence-electron chi connectivity index (χ3n) is 2.48. The molecule has 3 nitrogen and oxygen atoms in total. The van der Waals surface area contributed by atoms with Gasteiger partial charge in [0.1, 0.15) is 5.82 Å². The molecule has 0 aliphatic rings. The van der Waals surface area contributed by atoms with E-state index in [0.717, 1.165) is 17.2 Å². The Kier molecular flexibility index (Phi) is 2.29. The number of nitrogen functional groups attached to an aromatic ring is 1. The second-order valence-corrected chi connectivity index (χ2v) is 3.33. The van der Waals surface area contributed by atoms with Crippen molar-refractivity contribution in [3.8, 4) is 0 Å². The number of carbonyl (C=O) groups excluding carboxylic acids is 1. The highest BCUT2D eigenvalue weighted by Crippen LogP contribution is 2.26. The van der Waals surface area contributed by atoms with Crippen LogP contribution in [0.1, 0.15) is 10.4 Å². The molecule has 2 aromatic rings. The molecule has 0 fully saturated rings. The van der Waals surface area contributed by atoms with E-state index in [1.165, 1.54) is 0 Å². The molecule has 0 saturated carbocycles. The fourth-order valence-electron chi connectivity index (χ4n) is 1.80. The molecule has 0 amide bonds. The molecular formula is C12H12N2O. The van der Waals surface area contributed by atoms with E-state index < -0.39 is 0 Å². The maximum atomic E-state index is 10.9. The third kappa shape index (κ3) is 1.32. The van der Waals surface area contributed by atoms with Crippen molar-refractivity contribution < 1.29 is 4.79 Å². The van der Waals surface area contributed by atoms with E-state index >= 15 is 0 Å². The second kappa shape index (κ2) is 3.61. The Morgan fingerprint density at radius 2 is 2.13 bits per heavy atom. The van der Waals surface area contributed by atoms with Crippen molar-refractivity contribution >= 4 is 23.0 Å². The van der Waals surface area contributed by atoms with Crippen LogP contribution in [0.4, 0.5) is 5.82 Å². The summed E-state index contributed by atoms with van der Waals surface area (Å²) in [6.45, 7) is 4.29. The molecule has 0 radical (unpaired) electrons. The van der Waals surface area contributed by atoms with E-state index in [0.29, 0.717) is 17.9 Å². The largest absolute Gasteiger partial charge is 0.384 e. The molecule has 1 aromatic heterocycles. The number of fused-ring (bicyclic) bond motifs is 1. The van der Waals surface area contributed by atoms with E-state index in [-0.39, 0.29) is 0 Å². The molecular weight excluding hydrogens is 188 g/mol. The van der Waals surface area contributed by atoms with Gasteiger partial charge in [0.2, 0.25) is 0 Å². The van der Waals surface area contributed by atoms with Crippen molar-refractivity contribution in [2.75, 3.05) is 5.73 Å². The van der Waals surface area contributed by atoms with Crippen molar-refractivity contribution in [1.82, 2.24) is 4.57 Å². The van der Waals surface area contributed by atoms with Crippen LogP contribution in [0.25, 0.3) is 10.9 Å². The van der Waals surface area contributed by atoms with Gasteiger partial charge >= 0.3 is 0 Å². The summed E-state index contributed by atoms with van der Waals surface area (Å²) in [7, 11) is 0. The summed E-state index contributed by atoms with van der Waals surface area (Å²) in [6, 6.07) is 7.67. The summed E-state index contributed by atoms with van der Waals surface area (Å²) in [4.78, 5) is 10.9. The Bertz CT molecular complexity index is 526. The molecule has 2 rings (SSSR count). The number of hydrogen-bond donors (Lipinski definition) is 1. The number of allylic oxidation sites excluding steroid dienone is 1. The molecule has 2 N–H and O–H groups in total. The topological polar surface area (TPSA) is 48.0 Å². The quantitative estimate of drug-likeness (QED) is 0.610. The molecule has 1 heterocycles. The van der Waals surface area contributed by atoms with Gasteiger partial charge in [-0.3, -0.25) is 4.79 Å². The lowest BCUT2D eigenvalue weighted by atomic mass is 10.2. The number of aromatic nitrogens is 1. The second-order valence-electron chi connectivity index (χ2n) is 3.33. The first-order chi connectivity index (χ1) is 7.29. The van der Waals surface area contributed by atoms with Crippen molar-refractivity contribution in [2.45, 2.75) is 6.54 Å². The molecule has 3 heteroatoms. The van der Waals surface area contributed by atoms with Gasteiger partial charge in [0, 0.05) is 11.9 Å². The normalized spacial score (nSPS) is 10.4. The first-order valence-corrected chi connectivity index (χ1v) is 4.72. The Hall–Kier alpha value is -2.03. The Balaban J connectivity index is 2.83. The molecule has 0 bridgehead atoms. The van der Waals surface area contributed by atoms with Crippen LogP contribution < -0.4 is 5.73 Å². The average molecular weight is 200 g/mol. The summed E-state index contributed by atoms with van der Waals surface area (Å²) in [5.74, 6) is 0.506. The van der Waals surface area contributed by atoms with Crippen LogP contribution in [0, 0.1) is 0 Å². The predicted octanol–water partition coefficient (Wildman–Crippen LogP) is 2.22. The third-order valence-corrected chi connectivity index (χ3v) is 2.48. The molecule has 0 unspecified atom stereocenters. The highest BCUT2D eigenvalue weighted by atomic mass is 16.1. The number of aldehydes is 1. The minimum absolute atomic E-state index is 0.506. The summed E-state index contributed by atoms with van der Waals surface area (Å²) in [5.41, 5.74) is 7.43. The summed E-state index contributed by atoms with van der Waals surface area (Å²) in [6.07, 6.45) is 2.56. The van der Waals surface area contributed by atoms with Crippen molar-refractivity contribution in [2.24, 2.45) is 0 Å². The fourth-order valence-corrected chi connectivity index (χ4v) is 1.80. The van der Waals surface area contributed by atoms with E-state index in [1.807, 2.05) is 28.8 Å². The molecule has 0 atom stereocenters. The van der Waals surface area contributed by atoms with Gasteiger partial charge < -0.3 is 10.3 Å². The Morgan fingerprint density at radius 1 is 1.40 bits per heavy atom. The summed E-state index contributed by atoms with van der Waals surface area (Å²) >= 11 is 0. The molecule has 1 aromatic carbocycles. The van der Waals surface area contributed by atoms with Gasteiger partial charge in [-0.25, -0.2) is 0 Å². The number of hydrogen-bond acceptors (Lipinski definition) is 2. The van der Waals surface area contributed by atoms with Gasteiger partial charge in [-0.1, -0.05) is 24.3 Å². The number of anilines is 1. The minimum atomic E-state index is 0.506. The molecule has 15 heavy (non-hydrogen) atoms. The van der Waals surface area contributed by atoms with E-state index in [2.05, 4.69) is 6.58 Å². The SMILES string of the molecule is C=CCn1c(N)c(C=O)c2ccccc21. The maximum absolute atomic E-state index is 10.9. The smallest absolute Gasteiger partial charge is 0.154 e. The van der Waals surface area contributed by atoms with Gasteiger partial charge in [0.05, 0.1) is 11.1 Å². The number of carbonyl (C=O) groups is 1. The number of rotatable bonds is 3. The zero-order chi connectivity index (χ0) is 10.8. The van der Waals surface area contributed by atoms with Crippen molar-refractivity contribution in [3.63, 3.8) is 0 Å². The number of nitrogens with zero attached hydrogens (tertiary/aromatic N) is 1. The molecule has 0 spiro atoms. The summed E-state index contributed by atoms with van der Waals surface area (Å²) in [5, 5.41) is 0.895. The number of nitrogens with two attached hydrogens (primary N) is 1. The van der Waals surface area contributed by atoms with Gasteiger partial charge in [-0.2, -0.15) is 0 Å². The first kappa shape index (κ1) is 9.52. The lowest BCUT2D eigenvalue weighted by Gasteiger charge is -2.03. The zero-order valence-electron chi connectivity index (χ0n) is 8.31. The highest BCUT2D eigenvalue weighted by molar-refractivity contribution is 6.03. The highest BCUT2D eigenvalue weighted by Gasteiger charge is 2.12. The molecule has 76 valence electrons. The van der Waals surface area contributed by atoms with Gasteiger partial charge in [0.15, 0.2) is 6.29 Å². The Labute approximate surface area is 87.8 Å². The number of benzene rings is 1. The van der Waals surface area contributed by atoms with Crippen molar-refractivity contribution in [3.05, 3.63) is 42.5 Å². The van der Waals surface area contributed by atoms with E-state index in [9.17, 15) is 4.79 Å². The number of para-hydroxylation sites is 1. The van der Waals surface area contributed by atoms with Crippen LogP contribution >= 0.6 is 0 Å². The lowest BCUT2D eigenvalue weighted by Crippen LogP contribution is -2.01. The van der Waals surface area contributed by atoms with Gasteiger partial charge in [-0.15, -0.1) is 6.58 Å². The maximum Gasteiger partial charge on any atom is 0.154 e. The van der Waals surface area contributed by atoms with Crippen LogP contribution in [-0.2, 0) is 6.54 Å². The standard InChI is InChI=1S/C12H12N2O/c1-2-7-14-11-6-4-3-5-9(11)10(8-15)12(14)13/h2-6,8H,1,7,13H2. The van der Waals surface area contributed by atoms with Crippen LogP contribution in [0.15, 0.2) is 36.9 Å². The van der Waals surface area contributed by atoms with Crippen LogP contribution in [0.3, 0.4) is 0 Å².